The molecule has 3 aliphatic carbocycles. The smallest absolute Gasteiger partial charge is 0.255 e. The number of Topliss-reactive ketones (excluding diaryl/α,β-unsaturated/α-hetero) is 2. The molecule has 0 heterocycles. The van der Waals surface area contributed by atoms with Gasteiger partial charge in [-0.15, -0.1) is 0 Å². The third-order valence-electron chi connectivity index (χ3n) is 7.82. The number of carbonyl (C=O) groups is 4. The molecule has 0 radical (unpaired) electrons. The largest absolute Gasteiger partial charge is 0.508 e. The normalized spacial score (nSPS) is 27.2. The van der Waals surface area contributed by atoms with E-state index in [4.69, 9.17) is 5.73 Å². The molecule has 11 nitrogen and oxygen atoms in total. The van der Waals surface area contributed by atoms with Gasteiger partial charge in [-0.3, -0.25) is 24.1 Å². The standard InChI is InChI=1S/C27H33N3O8/c1-26(2,3)25(37)29-10-11-6-7-15(31)17-13(11)8-12-9-14-19(30(4)5)21(33)18(24(28)36)23(35)27(14,38)22(34)16(12)20(17)32/h6-7,12,14,19,31-32,35,38H,8-10H2,1-5H3,(H2,28,36)(H,29,37)/t12-,14-,19-,27-/m1/s1. The number of aliphatic hydroxyl groups is 3. The van der Waals surface area contributed by atoms with E-state index in [0.717, 1.165) is 0 Å². The minimum Gasteiger partial charge on any atom is -0.508 e. The Labute approximate surface area is 219 Å². The molecule has 4 atom stereocenters. The molecule has 4 rings (SSSR count). The average molecular weight is 528 g/mol. The van der Waals surface area contributed by atoms with E-state index in [-0.39, 0.29) is 42.2 Å². The molecule has 1 aromatic rings. The zero-order valence-electron chi connectivity index (χ0n) is 22.0. The van der Waals surface area contributed by atoms with E-state index in [1.165, 1.54) is 11.0 Å². The van der Waals surface area contributed by atoms with Gasteiger partial charge >= 0.3 is 0 Å². The van der Waals surface area contributed by atoms with E-state index >= 15 is 0 Å². The van der Waals surface area contributed by atoms with Gasteiger partial charge in [0, 0.05) is 23.5 Å². The number of hydrogen-bond donors (Lipinski definition) is 6. The predicted octanol–water partition coefficient (Wildman–Crippen LogP) is 0.626. The number of aromatic hydroxyl groups is 1. The third kappa shape index (κ3) is 3.88. The first-order chi connectivity index (χ1) is 17.5. The number of primary amides is 1. The molecule has 0 unspecified atom stereocenters. The number of phenols is 1. The molecule has 1 fully saturated rings. The zero-order valence-corrected chi connectivity index (χ0v) is 22.0. The van der Waals surface area contributed by atoms with Crippen LogP contribution < -0.4 is 11.1 Å². The summed E-state index contributed by atoms with van der Waals surface area (Å²) in [5.41, 5.74) is 2.06. The fourth-order valence-electron chi connectivity index (χ4n) is 5.91. The van der Waals surface area contributed by atoms with Crippen molar-refractivity contribution in [2.24, 2.45) is 23.0 Å². The molecule has 0 bridgehead atoms. The molecule has 3 aliphatic rings. The monoisotopic (exact) mass is 527 g/mol. The zero-order chi connectivity index (χ0) is 28.5. The number of benzene rings is 1. The van der Waals surface area contributed by atoms with Gasteiger partial charge in [0.25, 0.3) is 5.91 Å². The molecule has 11 heteroatoms. The van der Waals surface area contributed by atoms with E-state index in [1.54, 1.807) is 40.9 Å². The first-order valence-electron chi connectivity index (χ1n) is 12.3. The van der Waals surface area contributed by atoms with E-state index in [9.17, 15) is 39.6 Å². The molecule has 38 heavy (non-hydrogen) atoms. The van der Waals surface area contributed by atoms with Gasteiger partial charge in [-0.1, -0.05) is 26.8 Å². The van der Waals surface area contributed by atoms with E-state index in [2.05, 4.69) is 5.32 Å². The number of phenolic OH excluding ortho intramolecular Hbond substituents is 1. The van der Waals surface area contributed by atoms with Crippen LogP contribution in [0.4, 0.5) is 0 Å². The fraction of sp³-hybridized carbons (Fsp3) is 0.481. The summed E-state index contributed by atoms with van der Waals surface area (Å²) in [6.45, 7) is 5.42. The minimum absolute atomic E-state index is 0.00475. The van der Waals surface area contributed by atoms with Crippen molar-refractivity contribution < 1.29 is 39.6 Å². The quantitative estimate of drug-likeness (QED) is 0.305. The highest BCUT2D eigenvalue weighted by atomic mass is 16.3. The van der Waals surface area contributed by atoms with Crippen LogP contribution in [0.3, 0.4) is 0 Å². The Balaban J connectivity index is 1.87. The number of nitrogens with two attached hydrogens (primary N) is 1. The number of likely N-dealkylation sites (N-methyl/N-ethyl adjacent to an activating group) is 1. The van der Waals surface area contributed by atoms with E-state index < -0.39 is 63.5 Å². The first-order valence-corrected chi connectivity index (χ1v) is 12.3. The van der Waals surface area contributed by atoms with Crippen molar-refractivity contribution in [3.63, 3.8) is 0 Å². The average Bonchev–Trinajstić information content (AvgIpc) is 2.79. The topological polar surface area (TPSA) is 190 Å². The lowest BCUT2D eigenvalue weighted by Crippen LogP contribution is -2.65. The summed E-state index contributed by atoms with van der Waals surface area (Å²) in [6, 6.07) is 1.81. The number of nitrogens with one attached hydrogen (secondary N) is 1. The number of aliphatic hydroxyl groups excluding tert-OH is 2. The molecule has 0 saturated heterocycles. The second-order valence-corrected chi connectivity index (χ2v) is 11.5. The summed E-state index contributed by atoms with van der Waals surface area (Å²) in [5.74, 6) is -7.19. The van der Waals surface area contributed by atoms with Gasteiger partial charge in [0.1, 0.15) is 22.8 Å². The number of amides is 2. The maximum atomic E-state index is 13.8. The summed E-state index contributed by atoms with van der Waals surface area (Å²) >= 11 is 0. The first kappa shape index (κ1) is 27.3. The lowest BCUT2D eigenvalue weighted by atomic mass is 9.57. The highest BCUT2D eigenvalue weighted by Crippen LogP contribution is 2.52. The maximum absolute atomic E-state index is 13.8. The highest BCUT2D eigenvalue weighted by molar-refractivity contribution is 6.24. The molecule has 1 saturated carbocycles. The second-order valence-electron chi connectivity index (χ2n) is 11.5. The Hall–Kier alpha value is -3.70. The third-order valence-corrected chi connectivity index (χ3v) is 7.82. The van der Waals surface area contributed by atoms with Crippen LogP contribution in [0.15, 0.2) is 29.0 Å². The van der Waals surface area contributed by atoms with Crippen LogP contribution in [0.1, 0.15) is 43.9 Å². The molecule has 0 aliphatic heterocycles. The van der Waals surface area contributed by atoms with Crippen LogP contribution in [0, 0.1) is 17.3 Å². The van der Waals surface area contributed by atoms with Crippen LogP contribution in [0.2, 0.25) is 0 Å². The van der Waals surface area contributed by atoms with Crippen molar-refractivity contribution in [2.75, 3.05) is 14.1 Å². The summed E-state index contributed by atoms with van der Waals surface area (Å²) in [6.07, 6.45) is 0.152. The van der Waals surface area contributed by atoms with Crippen LogP contribution in [-0.2, 0) is 32.1 Å². The van der Waals surface area contributed by atoms with Gasteiger partial charge in [-0.2, -0.15) is 0 Å². The minimum atomic E-state index is -2.68. The lowest BCUT2D eigenvalue weighted by molar-refractivity contribution is -0.153. The van der Waals surface area contributed by atoms with Crippen molar-refractivity contribution in [3.8, 4) is 5.75 Å². The summed E-state index contributed by atoms with van der Waals surface area (Å²) in [5, 5.41) is 47.2. The molecule has 0 spiro atoms. The Bertz CT molecular complexity index is 1340. The van der Waals surface area contributed by atoms with Gasteiger partial charge in [-0.25, -0.2) is 0 Å². The molecule has 0 aromatic heterocycles. The van der Waals surface area contributed by atoms with Crippen LogP contribution in [0.25, 0.3) is 5.76 Å². The molecule has 2 amide bonds. The Morgan fingerprint density at radius 3 is 2.34 bits per heavy atom. The Morgan fingerprint density at radius 2 is 1.79 bits per heavy atom. The van der Waals surface area contributed by atoms with Gasteiger partial charge in [0.05, 0.1) is 11.6 Å². The van der Waals surface area contributed by atoms with Crippen LogP contribution in [0.5, 0.6) is 5.75 Å². The Kier molecular flexibility index (Phi) is 6.44. The van der Waals surface area contributed by atoms with Crippen molar-refractivity contribution in [3.05, 3.63) is 45.7 Å². The molecule has 204 valence electrons. The fourth-order valence-corrected chi connectivity index (χ4v) is 5.91. The SMILES string of the molecule is CN(C)[C@H]1C(=O)C(C(N)=O)=C(O)[C@]2(O)C(=O)C3=C(O)c4c(O)ccc(CNC(=O)C(C)(C)C)c4C[C@@H]3C[C@H]12. The highest BCUT2D eigenvalue weighted by Gasteiger charge is 2.64. The maximum Gasteiger partial charge on any atom is 0.255 e. The van der Waals surface area contributed by atoms with E-state index in [1.807, 2.05) is 0 Å². The van der Waals surface area contributed by atoms with Gasteiger partial charge in [0.15, 0.2) is 11.4 Å². The number of nitrogens with zero attached hydrogens (tertiary/aromatic N) is 1. The molecule has 7 N–H and O–H groups in total. The number of carbonyl (C=O) groups excluding carboxylic acids is 4. The van der Waals surface area contributed by atoms with Crippen molar-refractivity contribution in [1.82, 2.24) is 10.2 Å². The lowest BCUT2D eigenvalue weighted by Gasteiger charge is -2.50. The van der Waals surface area contributed by atoms with Crippen molar-refractivity contribution in [2.45, 2.75) is 51.8 Å². The van der Waals surface area contributed by atoms with Crippen molar-refractivity contribution >= 4 is 29.1 Å². The molecule has 1 aromatic carbocycles. The number of fused-ring (bicyclic) bond motifs is 3. The van der Waals surface area contributed by atoms with Crippen LogP contribution >= 0.6 is 0 Å². The van der Waals surface area contributed by atoms with E-state index in [0.29, 0.717) is 11.1 Å². The Morgan fingerprint density at radius 1 is 1.16 bits per heavy atom. The number of ketones is 2. The molecular formula is C27H33N3O8. The van der Waals surface area contributed by atoms with Gasteiger partial charge < -0.3 is 31.5 Å². The summed E-state index contributed by atoms with van der Waals surface area (Å²) in [4.78, 5) is 52.9. The van der Waals surface area contributed by atoms with Crippen molar-refractivity contribution in [1.29, 1.82) is 0 Å². The number of hydrogen-bond acceptors (Lipinski definition) is 9. The predicted molar refractivity (Wildman–Crippen MR) is 136 cm³/mol. The second kappa shape index (κ2) is 8.95. The van der Waals surface area contributed by atoms with Crippen LogP contribution in [-0.4, -0.2) is 74.4 Å². The van der Waals surface area contributed by atoms with Gasteiger partial charge in [0.2, 0.25) is 11.7 Å². The molecular weight excluding hydrogens is 494 g/mol. The summed E-state index contributed by atoms with van der Waals surface area (Å²) in [7, 11) is 3.09. The van der Waals surface area contributed by atoms with Gasteiger partial charge in [-0.05, 0) is 50.0 Å². The number of rotatable bonds is 4. The summed E-state index contributed by atoms with van der Waals surface area (Å²) < 4.78 is 0.